The molecule has 0 saturated carbocycles. The molecule has 0 unspecified atom stereocenters. The van der Waals surface area contributed by atoms with Crippen LogP contribution in [0.1, 0.15) is 24.7 Å². The molecule has 0 saturated heterocycles. The molecule has 0 aliphatic rings. The molecule has 2 aromatic rings. The number of nitrogens with zero attached hydrogens (tertiary/aromatic N) is 2. The van der Waals surface area contributed by atoms with Crippen molar-refractivity contribution < 1.29 is 4.74 Å². The summed E-state index contributed by atoms with van der Waals surface area (Å²) in [7, 11) is 0. The quantitative estimate of drug-likeness (QED) is 0.739. The van der Waals surface area contributed by atoms with E-state index in [1.807, 2.05) is 31.5 Å². The highest BCUT2D eigenvalue weighted by molar-refractivity contribution is 9.10. The Hall–Kier alpha value is -1.33. The Labute approximate surface area is 134 Å². The minimum Gasteiger partial charge on any atom is -0.490 e. The summed E-state index contributed by atoms with van der Waals surface area (Å²) in [5.74, 6) is 1.94. The second-order valence-electron chi connectivity index (χ2n) is 4.92. The fourth-order valence-electron chi connectivity index (χ4n) is 2.14. The van der Waals surface area contributed by atoms with Gasteiger partial charge >= 0.3 is 0 Å². The molecule has 2 rings (SSSR count). The lowest BCUT2D eigenvalue weighted by atomic mass is 10.2. The Balaban J connectivity index is 1.96. The number of benzene rings is 1. The molecule has 0 bridgehead atoms. The van der Waals surface area contributed by atoms with Crippen molar-refractivity contribution in [3.8, 4) is 5.75 Å². The molecule has 1 heterocycles. The minimum atomic E-state index is 0.626. The molecule has 0 radical (unpaired) electrons. The van der Waals surface area contributed by atoms with Gasteiger partial charge in [-0.2, -0.15) is 0 Å². The summed E-state index contributed by atoms with van der Waals surface area (Å²) in [4.78, 5) is 4.22. The molecule has 5 heteroatoms. The number of aryl methyl sites for hydroxylation is 1. The van der Waals surface area contributed by atoms with Crippen LogP contribution in [0.15, 0.2) is 35.1 Å². The fourth-order valence-corrected chi connectivity index (χ4v) is 2.66. The standard InChI is InChI=1S/C16H22BrN3O/c1-3-7-18-12-14-5-4-6-15(17)16(14)21-11-10-20-9-8-19-13(20)2/h4-6,8-9,18H,3,7,10-12H2,1-2H3. The first-order valence-corrected chi connectivity index (χ1v) is 8.10. The van der Waals surface area contributed by atoms with E-state index >= 15 is 0 Å². The van der Waals surface area contributed by atoms with Gasteiger partial charge in [-0.15, -0.1) is 0 Å². The van der Waals surface area contributed by atoms with Gasteiger partial charge < -0.3 is 14.6 Å². The van der Waals surface area contributed by atoms with E-state index in [1.54, 1.807) is 0 Å². The molecule has 0 amide bonds. The van der Waals surface area contributed by atoms with Crippen LogP contribution in [-0.2, 0) is 13.1 Å². The number of para-hydroxylation sites is 1. The van der Waals surface area contributed by atoms with Crippen LogP contribution in [0, 0.1) is 6.92 Å². The summed E-state index contributed by atoms with van der Waals surface area (Å²) in [5, 5.41) is 3.42. The van der Waals surface area contributed by atoms with Gasteiger partial charge in [-0.25, -0.2) is 4.98 Å². The third-order valence-electron chi connectivity index (χ3n) is 3.29. The van der Waals surface area contributed by atoms with Gasteiger partial charge in [0.25, 0.3) is 0 Å². The van der Waals surface area contributed by atoms with Crippen LogP contribution >= 0.6 is 15.9 Å². The molecule has 0 fully saturated rings. The van der Waals surface area contributed by atoms with E-state index in [-0.39, 0.29) is 0 Å². The van der Waals surface area contributed by atoms with E-state index in [0.29, 0.717) is 6.61 Å². The predicted molar refractivity (Wildman–Crippen MR) is 88.6 cm³/mol. The average molecular weight is 352 g/mol. The van der Waals surface area contributed by atoms with Crippen molar-refractivity contribution in [3.05, 3.63) is 46.5 Å². The number of nitrogens with one attached hydrogen (secondary N) is 1. The van der Waals surface area contributed by atoms with Crippen LogP contribution in [-0.4, -0.2) is 22.7 Å². The maximum absolute atomic E-state index is 5.99. The molecule has 0 spiro atoms. The molecule has 0 aliphatic carbocycles. The van der Waals surface area contributed by atoms with Crippen molar-refractivity contribution in [2.75, 3.05) is 13.2 Å². The third kappa shape index (κ3) is 4.58. The molecule has 4 nitrogen and oxygen atoms in total. The number of hydrogen-bond acceptors (Lipinski definition) is 3. The van der Waals surface area contributed by atoms with Gasteiger partial charge in [-0.3, -0.25) is 0 Å². The van der Waals surface area contributed by atoms with Crippen molar-refractivity contribution in [3.63, 3.8) is 0 Å². The summed E-state index contributed by atoms with van der Waals surface area (Å²) in [6.07, 6.45) is 4.92. The lowest BCUT2D eigenvalue weighted by molar-refractivity contribution is 0.291. The van der Waals surface area contributed by atoms with Crippen molar-refractivity contribution in [2.45, 2.75) is 33.4 Å². The van der Waals surface area contributed by atoms with Gasteiger partial charge in [-0.1, -0.05) is 19.1 Å². The third-order valence-corrected chi connectivity index (χ3v) is 3.92. The number of halogens is 1. The van der Waals surface area contributed by atoms with E-state index in [2.05, 4.69) is 43.8 Å². The first kappa shape index (κ1) is 16.0. The second kappa shape index (κ2) is 8.20. The maximum Gasteiger partial charge on any atom is 0.138 e. The first-order valence-electron chi connectivity index (χ1n) is 7.31. The largest absolute Gasteiger partial charge is 0.490 e. The summed E-state index contributed by atoms with van der Waals surface area (Å²) in [6, 6.07) is 6.16. The van der Waals surface area contributed by atoms with Gasteiger partial charge in [0.2, 0.25) is 0 Å². The average Bonchev–Trinajstić information content (AvgIpc) is 2.87. The molecule has 21 heavy (non-hydrogen) atoms. The maximum atomic E-state index is 5.99. The monoisotopic (exact) mass is 351 g/mol. The van der Waals surface area contributed by atoms with E-state index in [0.717, 1.165) is 42.1 Å². The Kier molecular flexibility index (Phi) is 6.26. The number of aromatic nitrogens is 2. The first-order chi connectivity index (χ1) is 10.2. The van der Waals surface area contributed by atoms with Crippen molar-refractivity contribution >= 4 is 15.9 Å². The number of imidazole rings is 1. The van der Waals surface area contributed by atoms with E-state index in [1.165, 1.54) is 5.56 Å². The predicted octanol–water partition coefficient (Wildman–Crippen LogP) is 3.53. The topological polar surface area (TPSA) is 39.1 Å². The molecular weight excluding hydrogens is 330 g/mol. The van der Waals surface area contributed by atoms with E-state index < -0.39 is 0 Å². The van der Waals surface area contributed by atoms with Crippen molar-refractivity contribution in [1.82, 2.24) is 14.9 Å². The summed E-state index contributed by atoms with van der Waals surface area (Å²) >= 11 is 3.58. The minimum absolute atomic E-state index is 0.626. The lowest BCUT2D eigenvalue weighted by Crippen LogP contribution is -2.16. The van der Waals surface area contributed by atoms with Crippen LogP contribution in [0.3, 0.4) is 0 Å². The summed E-state index contributed by atoms with van der Waals surface area (Å²) in [6.45, 7) is 7.43. The second-order valence-corrected chi connectivity index (χ2v) is 5.78. The molecule has 1 aromatic carbocycles. The molecule has 114 valence electrons. The Morgan fingerprint density at radius 3 is 2.95 bits per heavy atom. The highest BCUT2D eigenvalue weighted by Gasteiger charge is 2.08. The molecular formula is C16H22BrN3O. The van der Waals surface area contributed by atoms with Gasteiger partial charge in [0.05, 0.1) is 11.0 Å². The zero-order chi connectivity index (χ0) is 15.1. The SMILES string of the molecule is CCCNCc1cccc(Br)c1OCCn1ccnc1C. The van der Waals surface area contributed by atoms with Crippen LogP contribution in [0.4, 0.5) is 0 Å². The zero-order valence-electron chi connectivity index (χ0n) is 12.6. The van der Waals surface area contributed by atoms with Crippen LogP contribution in [0.5, 0.6) is 5.75 Å². The molecule has 0 aliphatic heterocycles. The Morgan fingerprint density at radius 1 is 1.38 bits per heavy atom. The fraction of sp³-hybridized carbons (Fsp3) is 0.438. The highest BCUT2D eigenvalue weighted by Crippen LogP contribution is 2.29. The van der Waals surface area contributed by atoms with Gasteiger partial charge in [0.15, 0.2) is 0 Å². The number of ether oxygens (including phenoxy) is 1. The molecule has 0 atom stereocenters. The Morgan fingerprint density at radius 2 is 2.24 bits per heavy atom. The Bertz CT molecular complexity index is 568. The van der Waals surface area contributed by atoms with Crippen LogP contribution < -0.4 is 10.1 Å². The van der Waals surface area contributed by atoms with Gasteiger partial charge in [0, 0.05) is 24.5 Å². The van der Waals surface area contributed by atoms with E-state index in [9.17, 15) is 0 Å². The van der Waals surface area contributed by atoms with Crippen LogP contribution in [0.25, 0.3) is 0 Å². The molecule has 1 N–H and O–H groups in total. The number of rotatable bonds is 8. The zero-order valence-corrected chi connectivity index (χ0v) is 14.2. The molecule has 1 aromatic heterocycles. The summed E-state index contributed by atoms with van der Waals surface area (Å²) in [5.41, 5.74) is 1.18. The van der Waals surface area contributed by atoms with E-state index in [4.69, 9.17) is 4.74 Å². The van der Waals surface area contributed by atoms with Crippen LogP contribution in [0.2, 0.25) is 0 Å². The lowest BCUT2D eigenvalue weighted by Gasteiger charge is -2.14. The van der Waals surface area contributed by atoms with Gasteiger partial charge in [0.1, 0.15) is 18.2 Å². The van der Waals surface area contributed by atoms with Gasteiger partial charge in [-0.05, 0) is 41.9 Å². The normalized spacial score (nSPS) is 10.8. The summed E-state index contributed by atoms with van der Waals surface area (Å²) < 4.78 is 9.08. The van der Waals surface area contributed by atoms with Crippen molar-refractivity contribution in [1.29, 1.82) is 0 Å². The number of hydrogen-bond donors (Lipinski definition) is 1. The smallest absolute Gasteiger partial charge is 0.138 e. The van der Waals surface area contributed by atoms with Crippen molar-refractivity contribution in [2.24, 2.45) is 0 Å². The highest BCUT2D eigenvalue weighted by atomic mass is 79.9.